The molecule has 2 unspecified atom stereocenters. The molecular formula is C28H34N6O. The number of nitrogens with two attached hydrogens (primary N) is 1. The van der Waals surface area contributed by atoms with Crippen LogP contribution in [0.3, 0.4) is 0 Å². The molecule has 0 aliphatic carbocycles. The fourth-order valence-corrected chi connectivity index (χ4v) is 5.80. The lowest BCUT2D eigenvalue weighted by molar-refractivity contribution is 0.136. The second-order valence-corrected chi connectivity index (χ2v) is 10.1. The van der Waals surface area contributed by atoms with Crippen LogP contribution >= 0.6 is 0 Å². The zero-order valence-corrected chi connectivity index (χ0v) is 20.7. The number of aryl methyl sites for hydroxylation is 1. The van der Waals surface area contributed by atoms with E-state index in [9.17, 15) is 0 Å². The number of aromatic nitrogens is 3. The molecule has 2 aromatic carbocycles. The lowest BCUT2D eigenvalue weighted by Crippen LogP contribution is -2.33. The second kappa shape index (κ2) is 9.13. The standard InChI is InChI=1S/C28H34N6O/c1-19-16-34-27(30-28(19)33-12-10-23(29)18-33)15-24(31-34)25-9-5-6-11-32(25)17-22-13-20-7-3-4-8-21(20)14-26(22)35-2/h3-4,7-8,13-16,23,25H,5-6,9-12,17-18,29H2,1-2H3. The number of nitrogens with zero attached hydrogens (tertiary/aromatic N) is 5. The van der Waals surface area contributed by atoms with Crippen molar-refractivity contribution in [3.63, 3.8) is 0 Å². The molecule has 2 atom stereocenters. The Labute approximate surface area is 206 Å². The summed E-state index contributed by atoms with van der Waals surface area (Å²) in [4.78, 5) is 9.88. The van der Waals surface area contributed by atoms with E-state index in [1.165, 1.54) is 29.2 Å². The summed E-state index contributed by atoms with van der Waals surface area (Å²) in [6, 6.07) is 15.6. The summed E-state index contributed by atoms with van der Waals surface area (Å²) in [5, 5.41) is 7.46. The van der Waals surface area contributed by atoms with Gasteiger partial charge in [-0.2, -0.15) is 5.10 Å². The molecule has 0 amide bonds. The van der Waals surface area contributed by atoms with Gasteiger partial charge in [0.05, 0.1) is 18.8 Å². The predicted octanol–water partition coefficient (Wildman–Crippen LogP) is 4.46. The van der Waals surface area contributed by atoms with Crippen LogP contribution in [0.2, 0.25) is 0 Å². The first-order valence-electron chi connectivity index (χ1n) is 12.8. The van der Waals surface area contributed by atoms with Gasteiger partial charge in [-0.3, -0.25) is 4.90 Å². The van der Waals surface area contributed by atoms with Gasteiger partial charge >= 0.3 is 0 Å². The molecule has 7 nitrogen and oxygen atoms in total. The topological polar surface area (TPSA) is 71.9 Å². The molecule has 35 heavy (non-hydrogen) atoms. The number of rotatable bonds is 5. The third-order valence-corrected chi connectivity index (χ3v) is 7.63. The highest BCUT2D eigenvalue weighted by Gasteiger charge is 2.28. The van der Waals surface area contributed by atoms with Crippen LogP contribution in [0.15, 0.2) is 48.7 Å². The molecule has 2 saturated heterocycles. The van der Waals surface area contributed by atoms with Crippen LogP contribution in [0.4, 0.5) is 5.82 Å². The molecule has 6 rings (SSSR count). The maximum atomic E-state index is 6.16. The molecule has 2 fully saturated rings. The fourth-order valence-electron chi connectivity index (χ4n) is 5.80. The maximum absolute atomic E-state index is 6.16. The number of hydrogen-bond donors (Lipinski definition) is 1. The molecule has 4 aromatic rings. The molecule has 2 aliphatic rings. The number of anilines is 1. The highest BCUT2D eigenvalue weighted by atomic mass is 16.5. The average molecular weight is 471 g/mol. The number of fused-ring (bicyclic) bond motifs is 2. The van der Waals surface area contributed by atoms with E-state index in [1.807, 2.05) is 4.52 Å². The van der Waals surface area contributed by atoms with Crippen molar-refractivity contribution in [3.8, 4) is 5.75 Å². The molecule has 0 bridgehead atoms. The summed E-state index contributed by atoms with van der Waals surface area (Å²) in [5.74, 6) is 1.99. The van der Waals surface area contributed by atoms with Crippen molar-refractivity contribution < 1.29 is 4.74 Å². The molecule has 7 heteroatoms. The SMILES string of the molecule is COc1cc2ccccc2cc1CN1CCCCC1c1cc2nc(N3CCC(N)C3)c(C)cn2n1. The van der Waals surface area contributed by atoms with Crippen molar-refractivity contribution in [2.45, 2.75) is 51.2 Å². The Morgan fingerprint density at radius 3 is 2.66 bits per heavy atom. The van der Waals surface area contributed by atoms with E-state index in [1.54, 1.807) is 7.11 Å². The quantitative estimate of drug-likeness (QED) is 0.464. The molecule has 0 radical (unpaired) electrons. The molecule has 2 aliphatic heterocycles. The summed E-state index contributed by atoms with van der Waals surface area (Å²) >= 11 is 0. The number of piperidine rings is 1. The van der Waals surface area contributed by atoms with Crippen molar-refractivity contribution in [2.24, 2.45) is 5.73 Å². The molecule has 4 heterocycles. The Hall–Kier alpha value is -3.16. The first kappa shape index (κ1) is 22.3. The largest absolute Gasteiger partial charge is 0.496 e. The Morgan fingerprint density at radius 1 is 1.06 bits per heavy atom. The van der Waals surface area contributed by atoms with Crippen LogP contribution in [0.25, 0.3) is 16.4 Å². The number of methoxy groups -OCH3 is 1. The van der Waals surface area contributed by atoms with Gasteiger partial charge in [0.1, 0.15) is 11.6 Å². The van der Waals surface area contributed by atoms with Crippen LogP contribution in [0.1, 0.15) is 48.5 Å². The highest BCUT2D eigenvalue weighted by Crippen LogP contribution is 2.35. The van der Waals surface area contributed by atoms with E-state index >= 15 is 0 Å². The molecule has 0 spiro atoms. The van der Waals surface area contributed by atoms with Crippen LogP contribution in [-0.4, -0.2) is 52.3 Å². The number of likely N-dealkylation sites (tertiary alicyclic amines) is 1. The van der Waals surface area contributed by atoms with Gasteiger partial charge in [-0.25, -0.2) is 9.50 Å². The lowest BCUT2D eigenvalue weighted by Gasteiger charge is -2.35. The highest BCUT2D eigenvalue weighted by molar-refractivity contribution is 5.85. The van der Waals surface area contributed by atoms with Crippen LogP contribution in [0, 0.1) is 6.92 Å². The van der Waals surface area contributed by atoms with Crippen LogP contribution in [-0.2, 0) is 6.54 Å². The minimum Gasteiger partial charge on any atom is -0.496 e. The summed E-state index contributed by atoms with van der Waals surface area (Å²) in [5.41, 5.74) is 10.5. The average Bonchev–Trinajstić information content (AvgIpc) is 3.49. The smallest absolute Gasteiger partial charge is 0.157 e. The normalized spacial score (nSPS) is 21.3. The van der Waals surface area contributed by atoms with E-state index in [4.69, 9.17) is 20.6 Å². The van der Waals surface area contributed by atoms with E-state index < -0.39 is 0 Å². The zero-order chi connectivity index (χ0) is 23.9. The molecule has 2 N–H and O–H groups in total. The van der Waals surface area contributed by atoms with Crippen molar-refractivity contribution in [2.75, 3.05) is 31.6 Å². The van der Waals surface area contributed by atoms with Gasteiger partial charge < -0.3 is 15.4 Å². The van der Waals surface area contributed by atoms with Gasteiger partial charge in [0.15, 0.2) is 5.65 Å². The predicted molar refractivity (Wildman–Crippen MR) is 140 cm³/mol. The van der Waals surface area contributed by atoms with Gasteiger partial charge in [0.25, 0.3) is 0 Å². The van der Waals surface area contributed by atoms with Gasteiger partial charge in [-0.05, 0) is 55.6 Å². The number of ether oxygens (including phenoxy) is 1. The summed E-state index contributed by atoms with van der Waals surface area (Å²) in [6.45, 7) is 5.85. The Morgan fingerprint density at radius 2 is 1.89 bits per heavy atom. The van der Waals surface area contributed by atoms with Crippen LogP contribution in [0.5, 0.6) is 5.75 Å². The Balaban J connectivity index is 1.31. The van der Waals surface area contributed by atoms with Gasteiger partial charge in [-0.15, -0.1) is 0 Å². The fraction of sp³-hybridized carbons (Fsp3) is 0.429. The second-order valence-electron chi connectivity index (χ2n) is 10.1. The Bertz CT molecular complexity index is 1360. The lowest BCUT2D eigenvalue weighted by atomic mass is 9.97. The van der Waals surface area contributed by atoms with Crippen molar-refractivity contribution in [3.05, 3.63) is 65.5 Å². The first-order chi connectivity index (χ1) is 17.1. The summed E-state index contributed by atoms with van der Waals surface area (Å²) in [6.07, 6.45) is 6.66. The van der Waals surface area contributed by atoms with Gasteiger partial charge in [0, 0.05) is 49.1 Å². The monoisotopic (exact) mass is 470 g/mol. The zero-order valence-electron chi connectivity index (χ0n) is 20.7. The Kier molecular flexibility index (Phi) is 5.82. The molecule has 182 valence electrons. The molecule has 2 aromatic heterocycles. The molecular weight excluding hydrogens is 436 g/mol. The molecule has 0 saturated carbocycles. The minimum absolute atomic E-state index is 0.232. The van der Waals surface area contributed by atoms with Crippen molar-refractivity contribution >= 4 is 22.2 Å². The van der Waals surface area contributed by atoms with Crippen molar-refractivity contribution in [1.82, 2.24) is 19.5 Å². The maximum Gasteiger partial charge on any atom is 0.157 e. The first-order valence-corrected chi connectivity index (χ1v) is 12.8. The summed E-state index contributed by atoms with van der Waals surface area (Å²) in [7, 11) is 1.77. The van der Waals surface area contributed by atoms with Gasteiger partial charge in [-0.1, -0.05) is 30.7 Å². The minimum atomic E-state index is 0.232. The number of hydrogen-bond acceptors (Lipinski definition) is 6. The van der Waals surface area contributed by atoms with Gasteiger partial charge in [0.2, 0.25) is 0 Å². The summed E-state index contributed by atoms with van der Waals surface area (Å²) < 4.78 is 7.75. The third-order valence-electron chi connectivity index (χ3n) is 7.63. The van der Waals surface area contributed by atoms with Crippen LogP contribution < -0.4 is 15.4 Å². The van der Waals surface area contributed by atoms with E-state index in [0.717, 1.165) is 67.5 Å². The van der Waals surface area contributed by atoms with E-state index in [-0.39, 0.29) is 12.1 Å². The third kappa shape index (κ3) is 4.23. The van der Waals surface area contributed by atoms with E-state index in [2.05, 4.69) is 65.4 Å². The number of benzene rings is 2. The van der Waals surface area contributed by atoms with Crippen molar-refractivity contribution in [1.29, 1.82) is 0 Å². The van der Waals surface area contributed by atoms with E-state index in [0.29, 0.717) is 0 Å².